The van der Waals surface area contributed by atoms with E-state index in [0.717, 1.165) is 16.8 Å². The van der Waals surface area contributed by atoms with Crippen LogP contribution >= 0.6 is 18.5 Å². The molecule has 0 aliphatic carbocycles. The zero-order valence-corrected chi connectivity index (χ0v) is 16.8. The summed E-state index contributed by atoms with van der Waals surface area (Å²) < 4.78 is 0. The monoisotopic (exact) mass is 318 g/mol. The van der Waals surface area contributed by atoms with Gasteiger partial charge in [0.25, 0.3) is 0 Å². The average Bonchev–Trinajstić information content (AvgIpc) is 2.65. The van der Waals surface area contributed by atoms with Gasteiger partial charge in [-0.15, -0.1) is 16.9 Å². The summed E-state index contributed by atoms with van der Waals surface area (Å²) in [5.41, 5.74) is 3.30. The third-order valence-electron chi connectivity index (χ3n) is 2.56. The molecule has 0 saturated carbocycles. The molecule has 0 unspecified atom stereocenters. The molecule has 0 N–H and O–H groups in total. The van der Waals surface area contributed by atoms with Crippen molar-refractivity contribution in [3.63, 3.8) is 0 Å². The van der Waals surface area contributed by atoms with Gasteiger partial charge in [-0.05, 0) is 32.3 Å². The molecule has 16 heavy (non-hydrogen) atoms. The summed E-state index contributed by atoms with van der Waals surface area (Å²) >= 11 is 2.15. The van der Waals surface area contributed by atoms with Crippen LogP contribution in [-0.4, -0.2) is 20.2 Å². The van der Waals surface area contributed by atoms with Crippen LogP contribution < -0.4 is 63.7 Å². The van der Waals surface area contributed by atoms with Gasteiger partial charge in [0.15, 0.2) is 0 Å². The van der Waals surface area contributed by atoms with E-state index < -0.39 is 0 Å². The first-order valence-corrected chi connectivity index (χ1v) is 8.70. The normalized spacial score (nSPS) is 16.1. The molecule has 2 rings (SSSR count). The summed E-state index contributed by atoms with van der Waals surface area (Å²) in [6.45, 7) is 2.06. The van der Waals surface area contributed by atoms with Gasteiger partial charge < -0.3 is 0 Å². The number of hydrogen-bond acceptors (Lipinski definition) is 1. The van der Waals surface area contributed by atoms with Crippen molar-refractivity contribution in [2.75, 3.05) is 12.3 Å². The van der Waals surface area contributed by atoms with E-state index in [1.165, 1.54) is 30.7 Å². The van der Waals surface area contributed by atoms with E-state index >= 15 is 0 Å². The SMILES string of the molecule is [B]c1[c-]c(C)cc(CSP2CCCC2)c1.[Rb+]. The molecular weight excluding hydrogens is 303 g/mol. The van der Waals surface area contributed by atoms with Crippen LogP contribution in [-0.2, 0) is 5.75 Å². The molecule has 2 radical (unpaired) electrons. The summed E-state index contributed by atoms with van der Waals surface area (Å²) in [4.78, 5) is 0. The Morgan fingerprint density at radius 1 is 1.38 bits per heavy atom. The Hall–Kier alpha value is 1.87. The first-order chi connectivity index (χ1) is 7.24. The molecule has 78 valence electrons. The molecule has 0 atom stereocenters. The van der Waals surface area contributed by atoms with Gasteiger partial charge in [0.05, 0.1) is 7.85 Å². The van der Waals surface area contributed by atoms with Crippen LogP contribution in [0.3, 0.4) is 0 Å². The van der Waals surface area contributed by atoms with Gasteiger partial charge in [-0.1, -0.05) is 6.92 Å². The van der Waals surface area contributed by atoms with E-state index in [1.807, 2.05) is 0 Å². The van der Waals surface area contributed by atoms with Gasteiger partial charge in [0, 0.05) is 5.75 Å². The van der Waals surface area contributed by atoms with Crippen molar-refractivity contribution >= 4 is 31.8 Å². The molecule has 1 saturated heterocycles. The van der Waals surface area contributed by atoms with Crippen LogP contribution in [0.4, 0.5) is 0 Å². The zero-order valence-electron chi connectivity index (χ0n) is 10.1. The van der Waals surface area contributed by atoms with Crippen molar-refractivity contribution in [2.24, 2.45) is 0 Å². The van der Waals surface area contributed by atoms with Crippen LogP contribution in [0.2, 0.25) is 0 Å². The summed E-state index contributed by atoms with van der Waals surface area (Å²) in [6.07, 6.45) is 5.83. The van der Waals surface area contributed by atoms with Crippen molar-refractivity contribution in [3.05, 3.63) is 29.3 Å². The quantitative estimate of drug-likeness (QED) is 0.430. The van der Waals surface area contributed by atoms with Crippen LogP contribution in [0.25, 0.3) is 0 Å². The zero-order chi connectivity index (χ0) is 10.7. The fourth-order valence-corrected chi connectivity index (χ4v) is 6.56. The molecule has 1 aliphatic heterocycles. The van der Waals surface area contributed by atoms with Gasteiger partial charge in [-0.2, -0.15) is 23.8 Å². The van der Waals surface area contributed by atoms with Gasteiger partial charge in [-0.3, -0.25) is 0 Å². The second-order valence-corrected chi connectivity index (χ2v) is 8.77. The maximum absolute atomic E-state index is 5.78. The van der Waals surface area contributed by atoms with Crippen LogP contribution in [0.15, 0.2) is 12.1 Å². The van der Waals surface area contributed by atoms with E-state index in [2.05, 4.69) is 36.5 Å². The molecule has 1 aliphatic rings. The molecule has 1 aromatic rings. The van der Waals surface area contributed by atoms with E-state index in [4.69, 9.17) is 7.85 Å². The van der Waals surface area contributed by atoms with Crippen LogP contribution in [0, 0.1) is 13.0 Å². The maximum atomic E-state index is 5.78. The summed E-state index contributed by atoms with van der Waals surface area (Å²) in [5.74, 6) is 1.13. The Labute approximate surface area is 154 Å². The predicted molar refractivity (Wildman–Crippen MR) is 72.6 cm³/mol. The van der Waals surface area contributed by atoms with Gasteiger partial charge in [0.2, 0.25) is 0 Å². The number of benzene rings is 1. The number of aryl methyl sites for hydroxylation is 1. The van der Waals surface area contributed by atoms with Gasteiger partial charge in [-0.25, -0.2) is 5.46 Å². The van der Waals surface area contributed by atoms with Crippen LogP contribution in [0.5, 0.6) is 0 Å². The molecule has 1 aromatic carbocycles. The number of rotatable bonds is 3. The smallest absolute Gasteiger partial charge is 0.206 e. The third kappa shape index (κ3) is 5.24. The van der Waals surface area contributed by atoms with Crippen molar-refractivity contribution in [1.82, 2.24) is 0 Å². The first-order valence-electron chi connectivity index (χ1n) is 5.40. The standard InChI is InChI=1S/C12H15BPS.Rb/c1-10-6-11(8-12(13)7-10)9-15-14-4-2-3-5-14;/h6,8H,2-5,9H2,1H3;/q-1;+1. The summed E-state index contributed by atoms with van der Waals surface area (Å²) in [7, 11) is 6.06. The third-order valence-corrected chi connectivity index (χ3v) is 7.60. The molecule has 0 nitrogen and oxygen atoms in total. The Morgan fingerprint density at radius 2 is 2.06 bits per heavy atom. The maximum Gasteiger partial charge on any atom is 1.00 e. The predicted octanol–water partition coefficient (Wildman–Crippen LogP) is 0.0169. The Kier molecular flexibility index (Phi) is 8.09. The minimum absolute atomic E-state index is 0. The van der Waals surface area contributed by atoms with E-state index in [0.29, 0.717) is 0 Å². The second-order valence-electron chi connectivity index (χ2n) is 4.04. The largest absolute Gasteiger partial charge is 1.00 e. The van der Waals surface area contributed by atoms with E-state index in [9.17, 15) is 0 Å². The van der Waals surface area contributed by atoms with Gasteiger partial charge in [0.1, 0.15) is 0 Å². The Morgan fingerprint density at radius 3 is 2.69 bits per heavy atom. The topological polar surface area (TPSA) is 0 Å². The molecule has 1 heterocycles. The van der Waals surface area contributed by atoms with Crippen molar-refractivity contribution in [1.29, 1.82) is 0 Å². The van der Waals surface area contributed by atoms with E-state index in [1.54, 1.807) is 0 Å². The number of hydrogen-bond donors (Lipinski definition) is 0. The van der Waals surface area contributed by atoms with Crippen molar-refractivity contribution in [3.8, 4) is 0 Å². The molecule has 1 fully saturated rings. The molecule has 4 heteroatoms. The fourth-order valence-electron chi connectivity index (χ4n) is 1.89. The molecule has 0 aromatic heterocycles. The molecular formula is C12H15BPRbS. The summed E-state index contributed by atoms with van der Waals surface area (Å²) in [6, 6.07) is 7.38. The molecule has 0 amide bonds. The average molecular weight is 319 g/mol. The molecule has 0 spiro atoms. The molecule has 0 bridgehead atoms. The Bertz CT molecular complexity index is 320. The minimum Gasteiger partial charge on any atom is -0.206 e. The Balaban J connectivity index is 0.00000128. The van der Waals surface area contributed by atoms with E-state index in [-0.39, 0.29) is 65.3 Å². The van der Waals surface area contributed by atoms with Crippen molar-refractivity contribution < 1.29 is 58.2 Å². The second kappa shape index (κ2) is 8.12. The summed E-state index contributed by atoms with van der Waals surface area (Å²) in [5, 5.41) is 0. The first kappa shape index (κ1) is 15.9. The van der Waals surface area contributed by atoms with Gasteiger partial charge >= 0.3 is 58.2 Å². The van der Waals surface area contributed by atoms with Crippen LogP contribution in [0.1, 0.15) is 24.0 Å². The fraction of sp³-hybridized carbons (Fsp3) is 0.500. The van der Waals surface area contributed by atoms with Crippen molar-refractivity contribution in [2.45, 2.75) is 25.5 Å². The minimum atomic E-state index is 0.